The Morgan fingerprint density at radius 1 is 1.53 bits per heavy atom. The number of benzene rings is 1. The van der Waals surface area contributed by atoms with E-state index in [0.29, 0.717) is 11.6 Å². The maximum atomic E-state index is 13.8. The van der Waals surface area contributed by atoms with E-state index in [1.165, 1.54) is 25.3 Å². The Balaban J connectivity index is 2.12. The zero-order valence-corrected chi connectivity index (χ0v) is 11.0. The van der Waals surface area contributed by atoms with Gasteiger partial charge in [-0.2, -0.15) is 0 Å². The highest BCUT2D eigenvalue weighted by molar-refractivity contribution is 5.96. The van der Waals surface area contributed by atoms with E-state index in [2.05, 4.69) is 5.32 Å². The van der Waals surface area contributed by atoms with Gasteiger partial charge in [0, 0.05) is 12.2 Å². The summed E-state index contributed by atoms with van der Waals surface area (Å²) in [5, 5.41) is 3.04. The van der Waals surface area contributed by atoms with Gasteiger partial charge < -0.3 is 15.8 Å². The standard InChI is InChI=1S/C14H19FN2O2/c1-2-19-14(18)10-6-13(11(15)7-12(10)16)17-8-9-4-3-5-9/h6-7,9,17H,2-5,8,16H2,1H3. The van der Waals surface area contributed by atoms with E-state index < -0.39 is 11.8 Å². The van der Waals surface area contributed by atoms with Crippen molar-refractivity contribution in [2.24, 2.45) is 5.92 Å². The summed E-state index contributed by atoms with van der Waals surface area (Å²) in [4.78, 5) is 11.7. The molecule has 0 aromatic heterocycles. The lowest BCUT2D eigenvalue weighted by molar-refractivity contribution is 0.0527. The molecular formula is C14H19FN2O2. The number of hydrogen-bond acceptors (Lipinski definition) is 4. The summed E-state index contributed by atoms with van der Waals surface area (Å²) in [6.45, 7) is 2.71. The Kier molecular flexibility index (Phi) is 4.24. The second kappa shape index (κ2) is 5.91. The van der Waals surface area contributed by atoms with Gasteiger partial charge in [0.2, 0.25) is 0 Å². The first-order chi connectivity index (χ1) is 9.11. The van der Waals surface area contributed by atoms with Gasteiger partial charge in [0.1, 0.15) is 5.82 Å². The molecule has 1 aliphatic rings. The molecule has 0 spiro atoms. The number of hydrogen-bond donors (Lipinski definition) is 2. The molecule has 1 aliphatic carbocycles. The van der Waals surface area contributed by atoms with Crippen molar-refractivity contribution in [1.82, 2.24) is 0 Å². The van der Waals surface area contributed by atoms with Gasteiger partial charge in [0.15, 0.2) is 0 Å². The van der Waals surface area contributed by atoms with Crippen LogP contribution in [0.3, 0.4) is 0 Å². The second-order valence-electron chi connectivity index (χ2n) is 4.82. The van der Waals surface area contributed by atoms with Gasteiger partial charge in [0.05, 0.1) is 17.9 Å². The van der Waals surface area contributed by atoms with Crippen molar-refractivity contribution >= 4 is 17.3 Å². The SMILES string of the molecule is CCOC(=O)c1cc(NCC2CCC2)c(F)cc1N. The minimum absolute atomic E-state index is 0.102. The number of rotatable bonds is 5. The molecule has 1 aromatic rings. The molecule has 4 nitrogen and oxygen atoms in total. The van der Waals surface area contributed by atoms with Gasteiger partial charge in [0.25, 0.3) is 0 Å². The molecule has 19 heavy (non-hydrogen) atoms. The Hall–Kier alpha value is -1.78. The molecule has 3 N–H and O–H groups in total. The van der Waals surface area contributed by atoms with E-state index in [1.807, 2.05) is 0 Å². The van der Waals surface area contributed by atoms with Crippen LogP contribution in [0.5, 0.6) is 0 Å². The van der Waals surface area contributed by atoms with E-state index in [-0.39, 0.29) is 17.9 Å². The fraction of sp³-hybridized carbons (Fsp3) is 0.500. The van der Waals surface area contributed by atoms with Crippen LogP contribution in [0.4, 0.5) is 15.8 Å². The Bertz CT molecular complexity index is 473. The van der Waals surface area contributed by atoms with Crippen LogP contribution in [0, 0.1) is 11.7 Å². The highest BCUT2D eigenvalue weighted by atomic mass is 19.1. The van der Waals surface area contributed by atoms with Crippen LogP contribution in [0.1, 0.15) is 36.5 Å². The van der Waals surface area contributed by atoms with Crippen molar-refractivity contribution in [2.75, 3.05) is 24.2 Å². The molecule has 0 bridgehead atoms. The van der Waals surface area contributed by atoms with Gasteiger partial charge in [-0.25, -0.2) is 9.18 Å². The quantitative estimate of drug-likeness (QED) is 0.635. The first-order valence-electron chi connectivity index (χ1n) is 6.61. The number of ether oxygens (including phenoxy) is 1. The molecule has 0 atom stereocenters. The molecular weight excluding hydrogens is 247 g/mol. The number of nitrogens with one attached hydrogen (secondary N) is 1. The summed E-state index contributed by atoms with van der Waals surface area (Å²) in [6, 6.07) is 2.59. The highest BCUT2D eigenvalue weighted by Crippen LogP contribution is 2.28. The van der Waals surface area contributed by atoms with Crippen molar-refractivity contribution in [3.8, 4) is 0 Å². The summed E-state index contributed by atoms with van der Waals surface area (Å²) >= 11 is 0. The number of nitrogen functional groups attached to an aromatic ring is 1. The zero-order valence-electron chi connectivity index (χ0n) is 11.0. The molecule has 5 heteroatoms. The molecule has 0 unspecified atom stereocenters. The third-order valence-corrected chi connectivity index (χ3v) is 3.44. The van der Waals surface area contributed by atoms with Crippen LogP contribution in [-0.4, -0.2) is 19.1 Å². The zero-order chi connectivity index (χ0) is 13.8. The van der Waals surface area contributed by atoms with E-state index in [1.54, 1.807) is 6.92 Å². The first kappa shape index (κ1) is 13.6. The van der Waals surface area contributed by atoms with Gasteiger partial charge in [-0.1, -0.05) is 6.42 Å². The molecule has 0 aliphatic heterocycles. The van der Waals surface area contributed by atoms with E-state index in [9.17, 15) is 9.18 Å². The summed E-state index contributed by atoms with van der Waals surface area (Å²) in [6.07, 6.45) is 3.59. The summed E-state index contributed by atoms with van der Waals surface area (Å²) < 4.78 is 18.6. The van der Waals surface area contributed by atoms with E-state index in [0.717, 1.165) is 12.6 Å². The fourth-order valence-corrected chi connectivity index (χ4v) is 2.06. The molecule has 0 heterocycles. The molecule has 1 aromatic carbocycles. The third kappa shape index (κ3) is 3.16. The second-order valence-corrected chi connectivity index (χ2v) is 4.82. The minimum atomic E-state index is -0.522. The van der Waals surface area contributed by atoms with Gasteiger partial charge in [-0.15, -0.1) is 0 Å². The first-order valence-corrected chi connectivity index (χ1v) is 6.61. The van der Waals surface area contributed by atoms with Crippen molar-refractivity contribution < 1.29 is 13.9 Å². The van der Waals surface area contributed by atoms with Crippen LogP contribution in [0.25, 0.3) is 0 Å². The van der Waals surface area contributed by atoms with Crippen LogP contribution < -0.4 is 11.1 Å². The monoisotopic (exact) mass is 266 g/mol. The number of carbonyl (C=O) groups is 1. The van der Waals surface area contributed by atoms with Gasteiger partial charge >= 0.3 is 5.97 Å². The topological polar surface area (TPSA) is 64.3 Å². The average Bonchev–Trinajstić information content (AvgIpc) is 2.30. The maximum absolute atomic E-state index is 13.8. The van der Waals surface area contributed by atoms with Gasteiger partial charge in [-0.3, -0.25) is 0 Å². The number of nitrogens with two attached hydrogens (primary N) is 1. The molecule has 0 radical (unpaired) electrons. The smallest absolute Gasteiger partial charge is 0.340 e. The Morgan fingerprint density at radius 3 is 2.84 bits per heavy atom. The lowest BCUT2D eigenvalue weighted by Gasteiger charge is -2.26. The number of halogens is 1. The Labute approximate surface area is 112 Å². The number of anilines is 2. The molecule has 0 saturated heterocycles. The molecule has 104 valence electrons. The van der Waals surface area contributed by atoms with Crippen molar-refractivity contribution in [2.45, 2.75) is 26.2 Å². The number of carbonyl (C=O) groups excluding carboxylic acids is 1. The van der Waals surface area contributed by atoms with Crippen LogP contribution in [-0.2, 0) is 4.74 Å². The summed E-state index contributed by atoms with van der Waals surface area (Å²) in [7, 11) is 0. The molecule has 0 amide bonds. The largest absolute Gasteiger partial charge is 0.462 e. The average molecular weight is 266 g/mol. The van der Waals surface area contributed by atoms with E-state index in [4.69, 9.17) is 10.5 Å². The van der Waals surface area contributed by atoms with E-state index >= 15 is 0 Å². The Morgan fingerprint density at radius 2 is 2.26 bits per heavy atom. The van der Waals surface area contributed by atoms with Crippen molar-refractivity contribution in [1.29, 1.82) is 0 Å². The lowest BCUT2D eigenvalue weighted by Crippen LogP contribution is -2.21. The van der Waals surface area contributed by atoms with Crippen LogP contribution in [0.2, 0.25) is 0 Å². The van der Waals surface area contributed by atoms with Crippen molar-refractivity contribution in [3.05, 3.63) is 23.5 Å². The fourth-order valence-electron chi connectivity index (χ4n) is 2.06. The normalized spacial score (nSPS) is 14.8. The minimum Gasteiger partial charge on any atom is -0.462 e. The highest BCUT2D eigenvalue weighted by Gasteiger charge is 2.19. The predicted molar refractivity (Wildman–Crippen MR) is 72.6 cm³/mol. The molecule has 2 rings (SSSR count). The molecule has 1 saturated carbocycles. The maximum Gasteiger partial charge on any atom is 0.340 e. The number of esters is 1. The summed E-state index contributed by atoms with van der Waals surface area (Å²) in [5.41, 5.74) is 6.27. The summed E-state index contributed by atoms with van der Waals surface area (Å²) in [5.74, 6) is -0.362. The van der Waals surface area contributed by atoms with Gasteiger partial charge in [-0.05, 0) is 37.8 Å². The van der Waals surface area contributed by atoms with Crippen LogP contribution >= 0.6 is 0 Å². The van der Waals surface area contributed by atoms with Crippen molar-refractivity contribution in [3.63, 3.8) is 0 Å². The lowest BCUT2D eigenvalue weighted by atomic mass is 9.85. The predicted octanol–water partition coefficient (Wildman–Crippen LogP) is 2.80. The van der Waals surface area contributed by atoms with Crippen LogP contribution in [0.15, 0.2) is 12.1 Å². The third-order valence-electron chi connectivity index (χ3n) is 3.44. The molecule has 1 fully saturated rings.